The Kier molecular flexibility index (Phi) is 2.39. The maximum Gasteiger partial charge on any atom is 0.0991 e. The molecular weight excluding hydrogens is 212 g/mol. The molecule has 84 valence electrons. The van der Waals surface area contributed by atoms with E-state index in [4.69, 9.17) is 5.26 Å². The van der Waals surface area contributed by atoms with Gasteiger partial charge in [-0.25, -0.2) is 4.68 Å². The van der Waals surface area contributed by atoms with Crippen LogP contribution < -0.4 is 5.32 Å². The number of nitrogens with zero attached hydrogens (tertiary/aromatic N) is 3. The van der Waals surface area contributed by atoms with Crippen LogP contribution in [0.2, 0.25) is 0 Å². The van der Waals surface area contributed by atoms with Gasteiger partial charge in [-0.05, 0) is 42.8 Å². The molecule has 0 unspecified atom stereocenters. The fraction of sp³-hybridized carbons (Fsp3) is 0.231. The Labute approximate surface area is 99.5 Å². The van der Waals surface area contributed by atoms with Gasteiger partial charge in [0.05, 0.1) is 29.2 Å². The predicted octanol–water partition coefficient (Wildman–Crippen LogP) is 1.39. The third kappa shape index (κ3) is 1.71. The molecule has 0 fully saturated rings. The van der Waals surface area contributed by atoms with Gasteiger partial charge in [0.2, 0.25) is 0 Å². The van der Waals surface area contributed by atoms with Crippen molar-refractivity contribution in [2.75, 3.05) is 6.54 Å². The quantitative estimate of drug-likeness (QED) is 0.796. The zero-order valence-corrected chi connectivity index (χ0v) is 9.35. The summed E-state index contributed by atoms with van der Waals surface area (Å²) in [5.74, 6) is 0. The third-order valence-corrected chi connectivity index (χ3v) is 3.06. The Morgan fingerprint density at radius 3 is 2.88 bits per heavy atom. The highest BCUT2D eigenvalue weighted by molar-refractivity contribution is 5.41. The highest BCUT2D eigenvalue weighted by Gasteiger charge is 2.15. The van der Waals surface area contributed by atoms with Crippen LogP contribution in [0.25, 0.3) is 5.69 Å². The van der Waals surface area contributed by atoms with Crippen molar-refractivity contribution >= 4 is 0 Å². The molecule has 4 nitrogen and oxygen atoms in total. The molecule has 0 bridgehead atoms. The monoisotopic (exact) mass is 224 g/mol. The lowest BCUT2D eigenvalue weighted by Gasteiger charge is -2.15. The van der Waals surface area contributed by atoms with Crippen molar-refractivity contribution in [3.63, 3.8) is 0 Å². The minimum absolute atomic E-state index is 0.674. The van der Waals surface area contributed by atoms with Crippen LogP contribution in [0.1, 0.15) is 16.8 Å². The van der Waals surface area contributed by atoms with Crippen molar-refractivity contribution in [1.82, 2.24) is 15.1 Å². The molecule has 1 aromatic carbocycles. The molecule has 1 aromatic heterocycles. The van der Waals surface area contributed by atoms with Gasteiger partial charge in [-0.15, -0.1) is 0 Å². The van der Waals surface area contributed by atoms with Gasteiger partial charge in [-0.3, -0.25) is 0 Å². The summed E-state index contributed by atoms with van der Waals surface area (Å²) in [7, 11) is 0. The summed E-state index contributed by atoms with van der Waals surface area (Å²) < 4.78 is 1.95. The van der Waals surface area contributed by atoms with Crippen molar-refractivity contribution in [3.8, 4) is 11.8 Å². The highest BCUT2D eigenvalue weighted by atomic mass is 15.3. The van der Waals surface area contributed by atoms with Crippen molar-refractivity contribution in [1.29, 1.82) is 5.26 Å². The third-order valence-electron chi connectivity index (χ3n) is 3.06. The normalized spacial score (nSPS) is 14.1. The van der Waals surface area contributed by atoms with Gasteiger partial charge in [-0.1, -0.05) is 0 Å². The van der Waals surface area contributed by atoms with E-state index in [9.17, 15) is 0 Å². The lowest BCUT2D eigenvalue weighted by molar-refractivity contribution is 0.614. The molecular formula is C13H12N4. The van der Waals surface area contributed by atoms with E-state index in [1.54, 1.807) is 0 Å². The van der Waals surface area contributed by atoms with E-state index in [0.717, 1.165) is 25.2 Å². The first-order chi connectivity index (χ1) is 8.38. The van der Waals surface area contributed by atoms with Crippen LogP contribution in [0.3, 0.4) is 0 Å². The summed E-state index contributed by atoms with van der Waals surface area (Å²) in [5.41, 5.74) is 4.22. The number of fused-ring (bicyclic) bond motifs is 1. The number of aromatic nitrogens is 2. The topological polar surface area (TPSA) is 53.6 Å². The molecule has 0 amide bonds. The largest absolute Gasteiger partial charge is 0.311 e. The van der Waals surface area contributed by atoms with E-state index in [1.807, 2.05) is 35.1 Å². The summed E-state index contributed by atoms with van der Waals surface area (Å²) in [6.45, 7) is 1.88. The standard InChI is InChI=1S/C13H12N4/c14-7-10-1-3-12(4-2-10)17-13-9-15-6-5-11(13)8-16-17/h1-4,8,15H,5-6,9H2. The molecule has 0 atom stereocenters. The summed E-state index contributed by atoms with van der Waals surface area (Å²) in [4.78, 5) is 0. The second kappa shape index (κ2) is 4.04. The first-order valence-corrected chi connectivity index (χ1v) is 5.65. The molecule has 1 aliphatic rings. The number of hydrogen-bond acceptors (Lipinski definition) is 3. The van der Waals surface area contributed by atoms with Crippen molar-refractivity contribution in [3.05, 3.63) is 47.3 Å². The molecule has 17 heavy (non-hydrogen) atoms. The lowest BCUT2D eigenvalue weighted by atomic mass is 10.1. The Morgan fingerprint density at radius 2 is 2.12 bits per heavy atom. The second-order valence-corrected chi connectivity index (χ2v) is 4.11. The van der Waals surface area contributed by atoms with Crippen LogP contribution in [0, 0.1) is 11.3 Å². The molecule has 0 saturated carbocycles. The van der Waals surface area contributed by atoms with Crippen molar-refractivity contribution in [2.45, 2.75) is 13.0 Å². The van der Waals surface area contributed by atoms with Gasteiger partial charge in [0.1, 0.15) is 0 Å². The van der Waals surface area contributed by atoms with Gasteiger partial charge in [0.15, 0.2) is 0 Å². The van der Waals surface area contributed by atoms with Crippen LogP contribution in [0.4, 0.5) is 0 Å². The summed E-state index contributed by atoms with van der Waals surface area (Å²) >= 11 is 0. The average molecular weight is 224 g/mol. The molecule has 4 heteroatoms. The average Bonchev–Trinajstić information content (AvgIpc) is 2.83. The molecule has 0 radical (unpaired) electrons. The molecule has 0 saturated heterocycles. The second-order valence-electron chi connectivity index (χ2n) is 4.11. The van der Waals surface area contributed by atoms with Gasteiger partial charge in [0, 0.05) is 6.54 Å². The number of rotatable bonds is 1. The molecule has 2 aromatic rings. The fourth-order valence-corrected chi connectivity index (χ4v) is 2.13. The number of nitriles is 1. The maximum atomic E-state index is 8.77. The van der Waals surface area contributed by atoms with E-state index in [-0.39, 0.29) is 0 Å². The van der Waals surface area contributed by atoms with Crippen LogP contribution in [0.5, 0.6) is 0 Å². The van der Waals surface area contributed by atoms with Crippen molar-refractivity contribution in [2.24, 2.45) is 0 Å². The fourth-order valence-electron chi connectivity index (χ4n) is 2.13. The Morgan fingerprint density at radius 1 is 1.29 bits per heavy atom. The van der Waals surface area contributed by atoms with E-state index >= 15 is 0 Å². The first kappa shape index (κ1) is 10.1. The van der Waals surface area contributed by atoms with Gasteiger partial charge < -0.3 is 5.32 Å². The molecule has 1 N–H and O–H groups in total. The van der Waals surface area contributed by atoms with E-state index in [0.29, 0.717) is 5.56 Å². The van der Waals surface area contributed by atoms with Gasteiger partial charge in [0.25, 0.3) is 0 Å². The maximum absolute atomic E-state index is 8.77. The van der Waals surface area contributed by atoms with Crippen LogP contribution in [-0.2, 0) is 13.0 Å². The smallest absolute Gasteiger partial charge is 0.0991 e. The Bertz CT molecular complexity index is 574. The number of hydrogen-bond donors (Lipinski definition) is 1. The zero-order chi connectivity index (χ0) is 11.7. The lowest BCUT2D eigenvalue weighted by Crippen LogP contribution is -2.24. The van der Waals surface area contributed by atoms with Crippen molar-refractivity contribution < 1.29 is 0 Å². The Balaban J connectivity index is 2.03. The Hall–Kier alpha value is -2.12. The molecule has 1 aliphatic heterocycles. The number of benzene rings is 1. The highest BCUT2D eigenvalue weighted by Crippen LogP contribution is 2.18. The summed E-state index contributed by atoms with van der Waals surface area (Å²) in [6, 6.07) is 9.62. The minimum Gasteiger partial charge on any atom is -0.311 e. The summed E-state index contributed by atoms with van der Waals surface area (Å²) in [6.07, 6.45) is 2.97. The summed E-state index contributed by atoms with van der Waals surface area (Å²) in [5, 5.41) is 16.5. The molecule has 2 heterocycles. The SMILES string of the molecule is N#Cc1ccc(-n2ncc3c2CNCC3)cc1. The van der Waals surface area contributed by atoms with Crippen LogP contribution >= 0.6 is 0 Å². The van der Waals surface area contributed by atoms with Gasteiger partial charge >= 0.3 is 0 Å². The first-order valence-electron chi connectivity index (χ1n) is 5.65. The zero-order valence-electron chi connectivity index (χ0n) is 9.35. The number of nitrogens with one attached hydrogen (secondary N) is 1. The minimum atomic E-state index is 0.674. The van der Waals surface area contributed by atoms with E-state index in [1.165, 1.54) is 11.3 Å². The molecule has 0 spiro atoms. The molecule has 0 aliphatic carbocycles. The van der Waals surface area contributed by atoms with Gasteiger partial charge in [-0.2, -0.15) is 10.4 Å². The van der Waals surface area contributed by atoms with Crippen LogP contribution in [0.15, 0.2) is 30.5 Å². The van der Waals surface area contributed by atoms with E-state index in [2.05, 4.69) is 16.5 Å². The molecule has 3 rings (SSSR count). The van der Waals surface area contributed by atoms with Crippen LogP contribution in [-0.4, -0.2) is 16.3 Å². The van der Waals surface area contributed by atoms with E-state index < -0.39 is 0 Å². The predicted molar refractivity (Wildman–Crippen MR) is 63.7 cm³/mol.